The van der Waals surface area contributed by atoms with Gasteiger partial charge in [-0.1, -0.05) is 12.1 Å². The van der Waals surface area contributed by atoms with Crippen molar-refractivity contribution in [2.24, 2.45) is 0 Å². The van der Waals surface area contributed by atoms with E-state index in [1.54, 1.807) is 18.3 Å². The molecule has 8 heteroatoms. The maximum Gasteiger partial charge on any atom is 0.274 e. The molecular formula is C18H14N6O2. The zero-order valence-corrected chi connectivity index (χ0v) is 13.8. The third kappa shape index (κ3) is 2.73. The van der Waals surface area contributed by atoms with Crippen LogP contribution in [0, 0.1) is 0 Å². The average molecular weight is 346 g/mol. The number of benzene rings is 1. The van der Waals surface area contributed by atoms with Gasteiger partial charge in [0.05, 0.1) is 22.9 Å². The molecule has 8 nitrogen and oxygen atoms in total. The minimum atomic E-state index is -0.381. The number of fused-ring (bicyclic) bond motifs is 3. The molecule has 0 atom stereocenters. The molecule has 0 aliphatic carbocycles. The number of amides is 2. The lowest BCUT2D eigenvalue weighted by Crippen LogP contribution is -2.19. The maximum absolute atomic E-state index is 12.4. The first-order valence-electron chi connectivity index (χ1n) is 7.89. The Kier molecular flexibility index (Phi) is 3.77. The number of carbonyl (C=O) groups is 2. The van der Waals surface area contributed by atoms with Crippen molar-refractivity contribution >= 4 is 34.3 Å². The molecule has 0 bridgehead atoms. The highest BCUT2D eigenvalue weighted by Gasteiger charge is 2.12. The third-order valence-corrected chi connectivity index (χ3v) is 3.89. The molecule has 128 valence electrons. The lowest BCUT2D eigenvalue weighted by molar-refractivity contribution is 0.0957. The first-order chi connectivity index (χ1) is 12.7. The molecule has 0 saturated heterocycles. The number of rotatable bonds is 3. The van der Waals surface area contributed by atoms with Crippen LogP contribution >= 0.6 is 0 Å². The number of aromatic nitrogens is 4. The van der Waals surface area contributed by atoms with Crippen LogP contribution in [0.15, 0.2) is 54.9 Å². The Hall–Kier alpha value is -3.81. The van der Waals surface area contributed by atoms with E-state index in [4.69, 9.17) is 0 Å². The minimum Gasteiger partial charge on any atom is -0.354 e. The summed E-state index contributed by atoms with van der Waals surface area (Å²) in [6, 6.07) is 12.4. The molecule has 4 aromatic rings. The Labute approximate surface area is 147 Å². The second kappa shape index (κ2) is 6.25. The fraction of sp³-hybridized carbons (Fsp3) is 0.0556. The molecule has 2 N–H and O–H groups in total. The van der Waals surface area contributed by atoms with Gasteiger partial charge in [0.25, 0.3) is 11.8 Å². The van der Waals surface area contributed by atoms with E-state index in [1.165, 1.54) is 19.3 Å². The Balaban J connectivity index is 1.59. The molecule has 0 spiro atoms. The smallest absolute Gasteiger partial charge is 0.274 e. The van der Waals surface area contributed by atoms with Crippen molar-refractivity contribution in [2.75, 3.05) is 12.4 Å². The van der Waals surface area contributed by atoms with E-state index in [9.17, 15) is 9.59 Å². The third-order valence-electron chi connectivity index (χ3n) is 3.89. The number of nitrogens with zero attached hydrogens (tertiary/aromatic N) is 4. The van der Waals surface area contributed by atoms with Gasteiger partial charge >= 0.3 is 0 Å². The number of hydrogen-bond acceptors (Lipinski definition) is 5. The summed E-state index contributed by atoms with van der Waals surface area (Å²) in [6.07, 6.45) is 3.18. The van der Waals surface area contributed by atoms with Gasteiger partial charge in [0.15, 0.2) is 0 Å². The topological polar surface area (TPSA) is 101 Å². The van der Waals surface area contributed by atoms with E-state index in [0.29, 0.717) is 11.5 Å². The van der Waals surface area contributed by atoms with Gasteiger partial charge in [0.2, 0.25) is 5.78 Å². The Morgan fingerprint density at radius 2 is 1.81 bits per heavy atom. The highest BCUT2D eigenvalue weighted by atomic mass is 16.2. The van der Waals surface area contributed by atoms with E-state index in [1.807, 2.05) is 28.7 Å². The zero-order valence-electron chi connectivity index (χ0n) is 13.8. The van der Waals surface area contributed by atoms with Crippen molar-refractivity contribution in [2.45, 2.75) is 0 Å². The summed E-state index contributed by atoms with van der Waals surface area (Å²) in [4.78, 5) is 36.7. The Morgan fingerprint density at radius 1 is 0.962 bits per heavy atom. The van der Waals surface area contributed by atoms with Crippen LogP contribution in [0.1, 0.15) is 21.0 Å². The molecule has 0 saturated carbocycles. The monoisotopic (exact) mass is 346 g/mol. The number of nitrogens with one attached hydrogen (secondary N) is 2. The fourth-order valence-corrected chi connectivity index (χ4v) is 2.60. The standard InChI is InChI=1S/C18H14N6O2/c1-19-16(25)13-7-6-11(10-20-13)21-17(26)14-8-9-24-15-5-3-2-4-12(15)22-18(24)23-14/h2-10H,1H3,(H,19,25)(H,21,26). The molecule has 4 rings (SSSR count). The normalized spacial score (nSPS) is 10.8. The lowest BCUT2D eigenvalue weighted by atomic mass is 10.3. The molecule has 0 aliphatic heterocycles. The van der Waals surface area contributed by atoms with Crippen molar-refractivity contribution in [3.8, 4) is 0 Å². The molecule has 3 aromatic heterocycles. The molecule has 1 aromatic carbocycles. The van der Waals surface area contributed by atoms with Gasteiger partial charge in [-0.15, -0.1) is 0 Å². The summed E-state index contributed by atoms with van der Waals surface area (Å²) in [5.74, 6) is -0.220. The summed E-state index contributed by atoms with van der Waals surface area (Å²) in [5, 5.41) is 5.20. The zero-order chi connectivity index (χ0) is 18.1. The summed E-state index contributed by atoms with van der Waals surface area (Å²) < 4.78 is 1.83. The van der Waals surface area contributed by atoms with Gasteiger partial charge in [0.1, 0.15) is 11.4 Å². The largest absolute Gasteiger partial charge is 0.354 e. The van der Waals surface area contributed by atoms with Crippen LogP contribution in [0.5, 0.6) is 0 Å². The highest BCUT2D eigenvalue weighted by molar-refractivity contribution is 6.03. The summed E-state index contributed by atoms with van der Waals surface area (Å²) in [6.45, 7) is 0. The quantitative estimate of drug-likeness (QED) is 0.590. The van der Waals surface area contributed by atoms with Crippen molar-refractivity contribution in [1.82, 2.24) is 24.7 Å². The molecule has 2 amide bonds. The van der Waals surface area contributed by atoms with E-state index in [0.717, 1.165) is 11.0 Å². The second-order valence-corrected chi connectivity index (χ2v) is 5.55. The fourth-order valence-electron chi connectivity index (χ4n) is 2.60. The number of anilines is 1. The summed E-state index contributed by atoms with van der Waals surface area (Å²) >= 11 is 0. The predicted molar refractivity (Wildman–Crippen MR) is 96.1 cm³/mol. The lowest BCUT2D eigenvalue weighted by Gasteiger charge is -2.05. The van der Waals surface area contributed by atoms with E-state index < -0.39 is 0 Å². The molecule has 0 fully saturated rings. The second-order valence-electron chi connectivity index (χ2n) is 5.55. The van der Waals surface area contributed by atoms with E-state index in [-0.39, 0.29) is 23.2 Å². The van der Waals surface area contributed by atoms with E-state index in [2.05, 4.69) is 25.6 Å². The van der Waals surface area contributed by atoms with Crippen LogP contribution in [0.2, 0.25) is 0 Å². The van der Waals surface area contributed by atoms with Gasteiger partial charge in [-0.2, -0.15) is 0 Å². The van der Waals surface area contributed by atoms with E-state index >= 15 is 0 Å². The number of carbonyl (C=O) groups excluding carboxylic acids is 2. The van der Waals surface area contributed by atoms with Gasteiger partial charge in [-0.3, -0.25) is 14.0 Å². The maximum atomic E-state index is 12.4. The van der Waals surface area contributed by atoms with Crippen molar-refractivity contribution in [3.05, 3.63) is 66.2 Å². The number of imidazole rings is 1. The van der Waals surface area contributed by atoms with Gasteiger partial charge in [0, 0.05) is 13.2 Å². The van der Waals surface area contributed by atoms with Crippen LogP contribution in [0.3, 0.4) is 0 Å². The number of para-hydroxylation sites is 2. The molecule has 0 radical (unpaired) electrons. The van der Waals surface area contributed by atoms with Crippen LogP contribution in [0.25, 0.3) is 16.8 Å². The molecular weight excluding hydrogens is 332 g/mol. The van der Waals surface area contributed by atoms with Gasteiger partial charge in [-0.25, -0.2) is 15.0 Å². The number of pyridine rings is 1. The summed E-state index contributed by atoms with van der Waals surface area (Å²) in [5.41, 5.74) is 2.72. The predicted octanol–water partition coefficient (Wildman–Crippen LogP) is 1.89. The first-order valence-corrected chi connectivity index (χ1v) is 7.89. The molecule has 26 heavy (non-hydrogen) atoms. The van der Waals surface area contributed by atoms with Crippen molar-refractivity contribution in [1.29, 1.82) is 0 Å². The van der Waals surface area contributed by atoms with Gasteiger partial charge < -0.3 is 10.6 Å². The molecule has 0 unspecified atom stereocenters. The molecule has 0 aliphatic rings. The van der Waals surface area contributed by atoms with Crippen molar-refractivity contribution in [3.63, 3.8) is 0 Å². The first kappa shape index (κ1) is 15.7. The molecule has 3 heterocycles. The van der Waals surface area contributed by atoms with Crippen LogP contribution in [-0.2, 0) is 0 Å². The highest BCUT2D eigenvalue weighted by Crippen LogP contribution is 2.15. The Bertz CT molecular complexity index is 1130. The average Bonchev–Trinajstić information content (AvgIpc) is 3.05. The van der Waals surface area contributed by atoms with Gasteiger partial charge in [-0.05, 0) is 30.3 Å². The minimum absolute atomic E-state index is 0.239. The SMILES string of the molecule is CNC(=O)c1ccc(NC(=O)c2ccn3c(n2)nc2ccccc23)cn1. The van der Waals surface area contributed by atoms with Crippen molar-refractivity contribution < 1.29 is 9.59 Å². The number of hydrogen-bond donors (Lipinski definition) is 2. The Morgan fingerprint density at radius 3 is 2.58 bits per heavy atom. The van der Waals surface area contributed by atoms with Crippen LogP contribution in [0.4, 0.5) is 5.69 Å². The summed E-state index contributed by atoms with van der Waals surface area (Å²) in [7, 11) is 1.53. The van der Waals surface area contributed by atoms with Crippen LogP contribution in [-0.4, -0.2) is 38.2 Å². The van der Waals surface area contributed by atoms with Crippen LogP contribution < -0.4 is 10.6 Å².